The van der Waals surface area contributed by atoms with Crippen LogP contribution in [0.5, 0.6) is 0 Å². The maximum atomic E-state index is 13.0. The van der Waals surface area contributed by atoms with E-state index >= 15 is 0 Å². The summed E-state index contributed by atoms with van der Waals surface area (Å²) in [6.07, 6.45) is 3.94. The van der Waals surface area contributed by atoms with E-state index in [1.54, 1.807) is 17.0 Å². The molecule has 154 valence electrons. The van der Waals surface area contributed by atoms with Gasteiger partial charge in [0.15, 0.2) is 0 Å². The third-order valence-corrected chi connectivity index (χ3v) is 6.28. The lowest BCUT2D eigenvalue weighted by molar-refractivity contribution is -0.385. The van der Waals surface area contributed by atoms with Crippen LogP contribution < -0.4 is 4.90 Å². The highest BCUT2D eigenvalue weighted by molar-refractivity contribution is 5.99. The quantitative estimate of drug-likeness (QED) is 0.582. The number of nitro benzene ring substituents is 1. The molecule has 0 saturated carbocycles. The molecule has 1 unspecified atom stereocenters. The van der Waals surface area contributed by atoms with Crippen LogP contribution in [0, 0.1) is 24.0 Å². The van der Waals surface area contributed by atoms with Crippen molar-refractivity contribution in [1.29, 1.82) is 0 Å². The van der Waals surface area contributed by atoms with Crippen molar-refractivity contribution in [3.05, 3.63) is 50.8 Å². The molecule has 1 aromatic carbocycles. The predicted molar refractivity (Wildman–Crippen MR) is 110 cm³/mol. The minimum Gasteiger partial charge on any atom is -0.364 e. The van der Waals surface area contributed by atoms with Crippen molar-refractivity contribution in [2.24, 2.45) is 7.05 Å². The van der Waals surface area contributed by atoms with Crippen LogP contribution in [0.4, 0.5) is 11.4 Å². The molecule has 1 amide bonds. The van der Waals surface area contributed by atoms with Gasteiger partial charge in [-0.05, 0) is 51.7 Å². The van der Waals surface area contributed by atoms with E-state index < -0.39 is 4.92 Å². The monoisotopic (exact) mass is 397 g/mol. The highest BCUT2D eigenvalue weighted by Crippen LogP contribution is 2.40. The topological polar surface area (TPSA) is 84.5 Å². The van der Waals surface area contributed by atoms with E-state index in [1.807, 2.05) is 18.7 Å². The Balaban J connectivity index is 1.73. The summed E-state index contributed by atoms with van der Waals surface area (Å²) in [5, 5.41) is 16.1. The molecule has 1 aromatic heterocycles. The molecule has 2 fully saturated rings. The molecule has 0 radical (unpaired) electrons. The van der Waals surface area contributed by atoms with Gasteiger partial charge in [-0.1, -0.05) is 0 Å². The number of aromatic nitrogens is 2. The summed E-state index contributed by atoms with van der Waals surface area (Å²) in [4.78, 5) is 28.1. The first kappa shape index (κ1) is 19.4. The van der Waals surface area contributed by atoms with Gasteiger partial charge in [0, 0.05) is 49.7 Å². The van der Waals surface area contributed by atoms with Gasteiger partial charge in [0.2, 0.25) is 0 Å². The summed E-state index contributed by atoms with van der Waals surface area (Å²) >= 11 is 0. The Labute approximate surface area is 170 Å². The van der Waals surface area contributed by atoms with Gasteiger partial charge in [-0.2, -0.15) is 5.10 Å². The van der Waals surface area contributed by atoms with Gasteiger partial charge in [0.25, 0.3) is 11.6 Å². The molecule has 2 aromatic rings. The van der Waals surface area contributed by atoms with Crippen molar-refractivity contribution in [3.8, 4) is 0 Å². The van der Waals surface area contributed by atoms with Crippen molar-refractivity contribution < 1.29 is 9.72 Å². The van der Waals surface area contributed by atoms with E-state index in [2.05, 4.69) is 16.9 Å². The van der Waals surface area contributed by atoms with Crippen LogP contribution in [0.1, 0.15) is 59.0 Å². The van der Waals surface area contributed by atoms with E-state index in [0.29, 0.717) is 13.1 Å². The van der Waals surface area contributed by atoms with Crippen LogP contribution >= 0.6 is 0 Å². The minimum atomic E-state index is -0.454. The number of rotatable bonds is 4. The summed E-state index contributed by atoms with van der Waals surface area (Å²) < 4.78 is 1.90. The number of hydrogen-bond donors (Lipinski definition) is 0. The average molecular weight is 397 g/mol. The Morgan fingerprint density at radius 3 is 2.52 bits per heavy atom. The van der Waals surface area contributed by atoms with E-state index in [1.165, 1.54) is 11.6 Å². The third kappa shape index (κ3) is 3.36. The largest absolute Gasteiger partial charge is 0.364 e. The summed E-state index contributed by atoms with van der Waals surface area (Å²) in [6.45, 7) is 6.29. The number of anilines is 1. The fourth-order valence-electron chi connectivity index (χ4n) is 4.77. The summed E-state index contributed by atoms with van der Waals surface area (Å²) in [5.74, 6) is -0.236. The van der Waals surface area contributed by atoms with Gasteiger partial charge in [-0.25, -0.2) is 0 Å². The number of nitrogens with zero attached hydrogens (tertiary/aromatic N) is 5. The molecule has 0 bridgehead atoms. The lowest BCUT2D eigenvalue weighted by Crippen LogP contribution is -2.29. The smallest absolute Gasteiger partial charge is 0.282 e. The molecule has 8 heteroatoms. The number of hydrogen-bond acceptors (Lipinski definition) is 5. The minimum absolute atomic E-state index is 0.116. The van der Waals surface area contributed by atoms with Crippen LogP contribution in [-0.2, 0) is 7.05 Å². The summed E-state index contributed by atoms with van der Waals surface area (Å²) in [5.41, 5.74) is 4.31. The van der Waals surface area contributed by atoms with Gasteiger partial charge in [0.1, 0.15) is 5.56 Å². The molecule has 0 aliphatic carbocycles. The molecule has 0 N–H and O–H groups in total. The number of carbonyl (C=O) groups excluding carboxylic acids is 1. The van der Waals surface area contributed by atoms with E-state index in [0.717, 1.165) is 49.3 Å². The SMILES string of the molecule is Cc1nn(C)c(C)c1C1CCCN1c1ccc([N+](=O)[O-])c(C(=O)N2CCCC2)c1. The van der Waals surface area contributed by atoms with Crippen molar-refractivity contribution in [2.45, 2.75) is 45.6 Å². The number of carbonyl (C=O) groups is 1. The second-order valence-corrected chi connectivity index (χ2v) is 8.02. The Hall–Kier alpha value is -2.90. The van der Waals surface area contributed by atoms with Crippen molar-refractivity contribution >= 4 is 17.3 Å². The van der Waals surface area contributed by atoms with Crippen LogP contribution in [0.15, 0.2) is 18.2 Å². The molecule has 2 saturated heterocycles. The molecule has 0 spiro atoms. The standard InChI is InChI=1S/C21H27N5O3/c1-14-20(15(2)23(3)22-14)19-7-6-12-25(19)16-8-9-18(26(28)29)17(13-16)21(27)24-10-4-5-11-24/h8-9,13,19H,4-7,10-12H2,1-3H3. The fraction of sp³-hybridized carbons (Fsp3) is 0.524. The highest BCUT2D eigenvalue weighted by Gasteiger charge is 2.33. The molecule has 4 rings (SSSR count). The zero-order chi connectivity index (χ0) is 20.7. The number of likely N-dealkylation sites (tertiary alicyclic amines) is 1. The van der Waals surface area contributed by atoms with Crippen LogP contribution in [0.3, 0.4) is 0 Å². The van der Waals surface area contributed by atoms with Crippen LogP contribution in [-0.4, -0.2) is 45.1 Å². The second kappa shape index (κ2) is 7.50. The third-order valence-electron chi connectivity index (χ3n) is 6.28. The molecule has 29 heavy (non-hydrogen) atoms. The molecular formula is C21H27N5O3. The lowest BCUT2D eigenvalue weighted by atomic mass is 10.0. The van der Waals surface area contributed by atoms with Gasteiger partial charge in [-0.15, -0.1) is 0 Å². The van der Waals surface area contributed by atoms with Crippen molar-refractivity contribution in [1.82, 2.24) is 14.7 Å². The van der Waals surface area contributed by atoms with E-state index in [9.17, 15) is 14.9 Å². The first-order valence-corrected chi connectivity index (χ1v) is 10.2. The number of benzene rings is 1. The van der Waals surface area contributed by atoms with Crippen LogP contribution in [0.2, 0.25) is 0 Å². The molecule has 2 aliphatic rings. The zero-order valence-electron chi connectivity index (χ0n) is 17.2. The Kier molecular flexibility index (Phi) is 5.02. The Bertz CT molecular complexity index is 961. The molecular weight excluding hydrogens is 370 g/mol. The molecule has 1 atom stereocenters. The maximum absolute atomic E-state index is 13.0. The van der Waals surface area contributed by atoms with Crippen LogP contribution in [0.25, 0.3) is 0 Å². The highest BCUT2D eigenvalue weighted by atomic mass is 16.6. The number of nitro groups is 1. The first-order valence-electron chi connectivity index (χ1n) is 10.2. The molecule has 2 aliphatic heterocycles. The van der Waals surface area contributed by atoms with Gasteiger partial charge < -0.3 is 9.80 Å². The maximum Gasteiger partial charge on any atom is 0.282 e. The summed E-state index contributed by atoms with van der Waals surface area (Å²) in [6, 6.07) is 5.15. The Morgan fingerprint density at radius 1 is 1.17 bits per heavy atom. The van der Waals surface area contributed by atoms with E-state index in [-0.39, 0.29) is 23.2 Å². The second-order valence-electron chi connectivity index (χ2n) is 8.02. The average Bonchev–Trinajstić information content (AvgIpc) is 3.43. The fourth-order valence-corrected chi connectivity index (χ4v) is 4.77. The lowest BCUT2D eigenvalue weighted by Gasteiger charge is -2.28. The van der Waals surface area contributed by atoms with E-state index in [4.69, 9.17) is 0 Å². The van der Waals surface area contributed by atoms with Gasteiger partial charge >= 0.3 is 0 Å². The Morgan fingerprint density at radius 2 is 1.90 bits per heavy atom. The first-order chi connectivity index (χ1) is 13.9. The van der Waals surface area contributed by atoms with Gasteiger partial charge in [0.05, 0.1) is 16.7 Å². The molecule has 8 nitrogen and oxygen atoms in total. The predicted octanol–water partition coefficient (Wildman–Crippen LogP) is 3.52. The van der Waals surface area contributed by atoms with Crippen molar-refractivity contribution in [3.63, 3.8) is 0 Å². The van der Waals surface area contributed by atoms with Crippen molar-refractivity contribution in [2.75, 3.05) is 24.5 Å². The number of amides is 1. The number of aryl methyl sites for hydroxylation is 2. The zero-order valence-corrected chi connectivity index (χ0v) is 17.2. The summed E-state index contributed by atoms with van der Waals surface area (Å²) in [7, 11) is 1.95. The molecule has 3 heterocycles. The van der Waals surface area contributed by atoms with Gasteiger partial charge in [-0.3, -0.25) is 19.6 Å². The normalized spacial score (nSPS) is 19.2.